The highest BCUT2D eigenvalue weighted by Gasteiger charge is 2.26. The Kier molecular flexibility index (Phi) is 9.57. The predicted molar refractivity (Wildman–Crippen MR) is 135 cm³/mol. The molecule has 1 saturated heterocycles. The molecule has 9 heteroatoms. The summed E-state index contributed by atoms with van der Waals surface area (Å²) in [6.07, 6.45) is 1.06. The number of aliphatic imine (C=N–C) groups is 1. The maximum atomic E-state index is 12.0. The minimum Gasteiger partial charge on any atom is -0.497 e. The number of rotatable bonds is 7. The second-order valence-corrected chi connectivity index (χ2v) is 9.12. The lowest BCUT2D eigenvalue weighted by Gasteiger charge is -2.22. The third kappa shape index (κ3) is 6.56. The molecule has 7 nitrogen and oxygen atoms in total. The molecule has 0 aliphatic carbocycles. The van der Waals surface area contributed by atoms with E-state index in [4.69, 9.17) is 9.73 Å². The van der Waals surface area contributed by atoms with Crippen LogP contribution in [0.4, 0.5) is 0 Å². The fourth-order valence-corrected chi connectivity index (χ4v) is 4.42. The van der Waals surface area contributed by atoms with Gasteiger partial charge in [-0.1, -0.05) is 24.3 Å². The summed E-state index contributed by atoms with van der Waals surface area (Å²) < 4.78 is 31.7. The molecule has 1 fully saturated rings. The van der Waals surface area contributed by atoms with Gasteiger partial charge in [0, 0.05) is 25.6 Å². The Morgan fingerprint density at radius 1 is 1.23 bits per heavy atom. The molecular weight excluding hydrogens is 527 g/mol. The van der Waals surface area contributed by atoms with Crippen molar-refractivity contribution < 1.29 is 13.2 Å². The van der Waals surface area contributed by atoms with Crippen molar-refractivity contribution >= 4 is 40.0 Å². The summed E-state index contributed by atoms with van der Waals surface area (Å²) in [6, 6.07) is 15.2. The van der Waals surface area contributed by atoms with Crippen molar-refractivity contribution in [3.05, 3.63) is 59.7 Å². The number of likely N-dealkylation sites (tertiary alicyclic amines) is 1. The summed E-state index contributed by atoms with van der Waals surface area (Å²) in [5, 5.41) is 3.37. The van der Waals surface area contributed by atoms with E-state index in [1.165, 1.54) is 12.6 Å². The standard InChI is InChI=1S/C22H30N4O3S.HI/c1-4-24-22(25-15-17-6-5-7-21(14-17)30(27,28)23-2)26-13-12-19(16-26)18-8-10-20(29-3)11-9-18;/h5-11,14,19,23H,4,12-13,15-16H2,1-3H3,(H,24,25);1H. The number of ether oxygens (including phenoxy) is 1. The van der Waals surface area contributed by atoms with Gasteiger partial charge in [0.25, 0.3) is 0 Å². The van der Waals surface area contributed by atoms with Gasteiger partial charge in [-0.15, -0.1) is 24.0 Å². The minimum atomic E-state index is -3.46. The van der Waals surface area contributed by atoms with E-state index in [0.29, 0.717) is 12.5 Å². The second kappa shape index (κ2) is 11.7. The van der Waals surface area contributed by atoms with Crippen molar-refractivity contribution in [2.24, 2.45) is 4.99 Å². The molecular formula is C22H31IN4O3S. The highest BCUT2D eigenvalue weighted by atomic mass is 127. The van der Waals surface area contributed by atoms with Crippen LogP contribution < -0.4 is 14.8 Å². The Hall–Kier alpha value is -1.85. The van der Waals surface area contributed by atoms with E-state index in [0.717, 1.165) is 43.3 Å². The van der Waals surface area contributed by atoms with Crippen LogP contribution in [-0.2, 0) is 16.6 Å². The number of nitrogens with one attached hydrogen (secondary N) is 2. The summed E-state index contributed by atoms with van der Waals surface area (Å²) in [5.41, 5.74) is 2.16. The Morgan fingerprint density at radius 2 is 1.97 bits per heavy atom. The number of benzene rings is 2. The summed E-state index contributed by atoms with van der Waals surface area (Å²) in [7, 11) is -0.373. The van der Waals surface area contributed by atoms with E-state index in [1.807, 2.05) is 25.1 Å². The van der Waals surface area contributed by atoms with Gasteiger partial charge in [0.05, 0.1) is 18.6 Å². The third-order valence-corrected chi connectivity index (χ3v) is 6.71. The zero-order valence-electron chi connectivity index (χ0n) is 18.2. The molecule has 0 amide bonds. The molecule has 0 radical (unpaired) electrons. The fraction of sp³-hybridized carbons (Fsp3) is 0.409. The lowest BCUT2D eigenvalue weighted by Crippen LogP contribution is -2.40. The summed E-state index contributed by atoms with van der Waals surface area (Å²) in [4.78, 5) is 7.29. The van der Waals surface area contributed by atoms with Crippen LogP contribution in [0.5, 0.6) is 5.75 Å². The Bertz CT molecular complexity index is 981. The summed E-state index contributed by atoms with van der Waals surface area (Å²) in [5.74, 6) is 2.17. The van der Waals surface area contributed by atoms with Crippen LogP contribution in [0.15, 0.2) is 58.4 Å². The van der Waals surface area contributed by atoms with Crippen LogP contribution in [0.25, 0.3) is 0 Å². The van der Waals surface area contributed by atoms with E-state index in [2.05, 4.69) is 27.1 Å². The molecule has 0 aromatic heterocycles. The van der Waals surface area contributed by atoms with E-state index in [9.17, 15) is 8.42 Å². The predicted octanol–water partition coefficient (Wildman–Crippen LogP) is 3.18. The summed E-state index contributed by atoms with van der Waals surface area (Å²) in [6.45, 7) is 5.06. The topological polar surface area (TPSA) is 83.0 Å². The van der Waals surface area contributed by atoms with Gasteiger partial charge in [0.2, 0.25) is 10.0 Å². The van der Waals surface area contributed by atoms with Gasteiger partial charge in [-0.2, -0.15) is 0 Å². The molecule has 1 aliphatic rings. The summed E-state index contributed by atoms with van der Waals surface area (Å²) >= 11 is 0. The maximum Gasteiger partial charge on any atom is 0.240 e. The number of nitrogens with zero attached hydrogens (tertiary/aromatic N) is 2. The van der Waals surface area contributed by atoms with E-state index in [1.54, 1.807) is 25.3 Å². The molecule has 1 heterocycles. The molecule has 0 bridgehead atoms. The van der Waals surface area contributed by atoms with Gasteiger partial charge < -0.3 is 15.0 Å². The molecule has 2 aromatic carbocycles. The first-order valence-electron chi connectivity index (χ1n) is 10.2. The molecule has 3 rings (SSSR count). The number of hydrogen-bond donors (Lipinski definition) is 2. The van der Waals surface area contributed by atoms with Crippen molar-refractivity contribution in [1.29, 1.82) is 0 Å². The molecule has 0 spiro atoms. The Balaban J connectivity index is 0.00000341. The number of hydrogen-bond acceptors (Lipinski definition) is 4. The normalized spacial score (nSPS) is 16.7. The van der Waals surface area contributed by atoms with E-state index >= 15 is 0 Å². The first-order valence-corrected chi connectivity index (χ1v) is 11.6. The molecule has 2 N–H and O–H groups in total. The monoisotopic (exact) mass is 558 g/mol. The van der Waals surface area contributed by atoms with Crippen LogP contribution in [0.2, 0.25) is 0 Å². The number of halogens is 1. The molecule has 170 valence electrons. The van der Waals surface area contributed by atoms with Crippen molar-refractivity contribution in [3.8, 4) is 5.75 Å². The average Bonchev–Trinajstić information content (AvgIpc) is 3.27. The highest BCUT2D eigenvalue weighted by molar-refractivity contribution is 14.0. The van der Waals surface area contributed by atoms with Gasteiger partial charge in [-0.25, -0.2) is 18.1 Å². The lowest BCUT2D eigenvalue weighted by molar-refractivity contribution is 0.414. The van der Waals surface area contributed by atoms with Gasteiger partial charge in [-0.3, -0.25) is 0 Å². The van der Waals surface area contributed by atoms with Crippen molar-refractivity contribution in [1.82, 2.24) is 14.9 Å². The maximum absolute atomic E-state index is 12.0. The van der Waals surface area contributed by atoms with Crippen LogP contribution in [0, 0.1) is 0 Å². The number of guanidine groups is 1. The second-order valence-electron chi connectivity index (χ2n) is 7.23. The van der Waals surface area contributed by atoms with Gasteiger partial charge in [0.1, 0.15) is 5.75 Å². The minimum absolute atomic E-state index is 0. The molecule has 0 saturated carbocycles. The van der Waals surface area contributed by atoms with Crippen molar-refractivity contribution in [3.63, 3.8) is 0 Å². The molecule has 1 atom stereocenters. The fourth-order valence-electron chi connectivity index (χ4n) is 3.62. The molecule has 1 aliphatic heterocycles. The number of sulfonamides is 1. The van der Waals surface area contributed by atoms with Gasteiger partial charge in [-0.05, 0) is 55.8 Å². The third-order valence-electron chi connectivity index (χ3n) is 5.30. The lowest BCUT2D eigenvalue weighted by atomic mass is 9.98. The zero-order valence-corrected chi connectivity index (χ0v) is 21.3. The molecule has 31 heavy (non-hydrogen) atoms. The highest BCUT2D eigenvalue weighted by Crippen LogP contribution is 2.28. The first-order chi connectivity index (χ1) is 14.5. The van der Waals surface area contributed by atoms with Crippen LogP contribution in [0.1, 0.15) is 30.4 Å². The van der Waals surface area contributed by atoms with Gasteiger partial charge >= 0.3 is 0 Å². The quantitative estimate of drug-likeness (QED) is 0.310. The Morgan fingerprint density at radius 3 is 2.61 bits per heavy atom. The largest absolute Gasteiger partial charge is 0.497 e. The van der Waals surface area contributed by atoms with Crippen LogP contribution in [0.3, 0.4) is 0 Å². The average molecular weight is 558 g/mol. The van der Waals surface area contributed by atoms with E-state index in [-0.39, 0.29) is 28.9 Å². The van der Waals surface area contributed by atoms with E-state index < -0.39 is 10.0 Å². The first kappa shape index (κ1) is 25.4. The molecule has 1 unspecified atom stereocenters. The molecule has 2 aromatic rings. The smallest absolute Gasteiger partial charge is 0.240 e. The van der Waals surface area contributed by atoms with Crippen molar-refractivity contribution in [2.75, 3.05) is 33.8 Å². The number of methoxy groups -OCH3 is 1. The van der Waals surface area contributed by atoms with Crippen LogP contribution >= 0.6 is 24.0 Å². The zero-order chi connectivity index (χ0) is 21.6. The van der Waals surface area contributed by atoms with Gasteiger partial charge in [0.15, 0.2) is 5.96 Å². The van der Waals surface area contributed by atoms with Crippen LogP contribution in [-0.4, -0.2) is 53.1 Å². The van der Waals surface area contributed by atoms with Crippen molar-refractivity contribution in [2.45, 2.75) is 30.7 Å². The SMILES string of the molecule is CCNC(=NCc1cccc(S(=O)(=O)NC)c1)N1CCC(c2ccc(OC)cc2)C1.I. The Labute approximate surface area is 202 Å².